The smallest absolute Gasteiger partial charge is 0.229 e. The number of likely N-dealkylation sites (tertiary alicyclic amines) is 1. The average molecular weight is 277 g/mol. The maximum absolute atomic E-state index is 11.9. The van der Waals surface area contributed by atoms with Crippen LogP contribution in [0.15, 0.2) is 11.4 Å². The van der Waals surface area contributed by atoms with Crippen molar-refractivity contribution in [3.05, 3.63) is 21.9 Å². The summed E-state index contributed by atoms with van der Waals surface area (Å²) in [4.78, 5) is 26.0. The molecule has 2 heterocycles. The van der Waals surface area contributed by atoms with E-state index >= 15 is 0 Å². The molecule has 0 atom stereocenters. The van der Waals surface area contributed by atoms with Crippen LogP contribution in [0.1, 0.15) is 36.1 Å². The van der Waals surface area contributed by atoms with Crippen LogP contribution in [0, 0.1) is 11.8 Å². The van der Waals surface area contributed by atoms with Gasteiger partial charge < -0.3 is 5.11 Å². The number of imide groups is 1. The maximum atomic E-state index is 11.9. The van der Waals surface area contributed by atoms with E-state index in [1.807, 2.05) is 11.4 Å². The zero-order valence-corrected chi connectivity index (χ0v) is 11.3. The van der Waals surface area contributed by atoms with Gasteiger partial charge in [-0.15, -0.1) is 11.3 Å². The topological polar surface area (TPSA) is 57.6 Å². The zero-order chi connectivity index (χ0) is 13.7. The summed E-state index contributed by atoms with van der Waals surface area (Å²) in [6, 6.07) is 1.84. The molecule has 2 rings (SSSR count). The van der Waals surface area contributed by atoms with Gasteiger partial charge in [0, 0.05) is 23.3 Å². The second-order valence-electron chi connectivity index (χ2n) is 4.30. The van der Waals surface area contributed by atoms with Crippen LogP contribution >= 0.6 is 11.3 Å². The quantitative estimate of drug-likeness (QED) is 0.658. The Morgan fingerprint density at radius 2 is 1.95 bits per heavy atom. The van der Waals surface area contributed by atoms with Crippen molar-refractivity contribution in [3.63, 3.8) is 0 Å². The third kappa shape index (κ3) is 3.43. The van der Waals surface area contributed by atoms with Crippen LogP contribution in [0.3, 0.4) is 0 Å². The Balaban J connectivity index is 2.17. The molecule has 100 valence electrons. The summed E-state index contributed by atoms with van der Waals surface area (Å²) in [6.45, 7) is 0.0988. The van der Waals surface area contributed by atoms with E-state index in [-0.39, 0.29) is 18.4 Å². The van der Waals surface area contributed by atoms with E-state index in [0.717, 1.165) is 23.3 Å². The van der Waals surface area contributed by atoms with Crippen molar-refractivity contribution in [2.24, 2.45) is 0 Å². The standard InChI is InChI=1S/C14H15NO3S/c16-8-3-4-11-7-9-19-12(11)10-15-13(17)5-1-2-6-14(15)18/h7,9,16H,1-2,5-6,8,10H2. The number of hydrogen-bond acceptors (Lipinski definition) is 4. The molecule has 2 amide bonds. The number of carbonyl (C=O) groups is 2. The van der Waals surface area contributed by atoms with Gasteiger partial charge in [-0.25, -0.2) is 0 Å². The molecule has 1 aliphatic heterocycles. The van der Waals surface area contributed by atoms with E-state index < -0.39 is 0 Å². The highest BCUT2D eigenvalue weighted by Crippen LogP contribution is 2.21. The van der Waals surface area contributed by atoms with Crippen LogP contribution in [0.4, 0.5) is 0 Å². The number of hydrogen-bond donors (Lipinski definition) is 1. The number of rotatable bonds is 2. The molecule has 1 saturated heterocycles. The third-order valence-corrected chi connectivity index (χ3v) is 3.89. The van der Waals surface area contributed by atoms with Gasteiger partial charge in [0.25, 0.3) is 0 Å². The normalized spacial score (nSPS) is 15.9. The van der Waals surface area contributed by atoms with Crippen molar-refractivity contribution in [2.75, 3.05) is 6.61 Å². The molecule has 0 radical (unpaired) electrons. The van der Waals surface area contributed by atoms with Gasteiger partial charge >= 0.3 is 0 Å². The molecule has 1 N–H and O–H groups in total. The molecule has 0 unspecified atom stereocenters. The predicted molar refractivity (Wildman–Crippen MR) is 72.3 cm³/mol. The fourth-order valence-electron chi connectivity index (χ4n) is 1.99. The highest BCUT2D eigenvalue weighted by Gasteiger charge is 2.25. The Kier molecular flexibility index (Phi) is 4.72. The molecule has 0 saturated carbocycles. The van der Waals surface area contributed by atoms with Crippen LogP contribution in [-0.4, -0.2) is 28.4 Å². The number of carbonyl (C=O) groups excluding carboxylic acids is 2. The lowest BCUT2D eigenvalue weighted by Crippen LogP contribution is -2.34. The summed E-state index contributed by atoms with van der Waals surface area (Å²) in [5.41, 5.74) is 0.781. The minimum absolute atomic E-state index is 0.100. The van der Waals surface area contributed by atoms with Crippen LogP contribution in [0.25, 0.3) is 0 Å². The summed E-state index contributed by atoms with van der Waals surface area (Å²) in [5.74, 6) is 5.23. The number of nitrogens with zero attached hydrogens (tertiary/aromatic N) is 1. The molecule has 0 bridgehead atoms. The van der Waals surface area contributed by atoms with Crippen molar-refractivity contribution in [3.8, 4) is 11.8 Å². The Bertz CT molecular complexity index is 520. The van der Waals surface area contributed by atoms with E-state index in [2.05, 4.69) is 11.8 Å². The Morgan fingerprint density at radius 3 is 2.58 bits per heavy atom. The van der Waals surface area contributed by atoms with Gasteiger partial charge in [0.1, 0.15) is 6.61 Å². The van der Waals surface area contributed by atoms with E-state index in [9.17, 15) is 9.59 Å². The van der Waals surface area contributed by atoms with Crippen molar-refractivity contribution >= 4 is 23.2 Å². The summed E-state index contributed by atoms with van der Waals surface area (Å²) in [5, 5.41) is 10.6. The van der Waals surface area contributed by atoms with E-state index in [0.29, 0.717) is 19.4 Å². The SMILES string of the molecule is O=C1CCCCC(=O)N1Cc1sccc1C#CCO. The average Bonchev–Trinajstić information content (AvgIpc) is 2.78. The van der Waals surface area contributed by atoms with Gasteiger partial charge in [-0.3, -0.25) is 14.5 Å². The molecule has 0 spiro atoms. The maximum Gasteiger partial charge on any atom is 0.229 e. The minimum Gasteiger partial charge on any atom is -0.384 e. The molecule has 1 aromatic rings. The molecule has 1 fully saturated rings. The van der Waals surface area contributed by atoms with Crippen molar-refractivity contribution < 1.29 is 14.7 Å². The van der Waals surface area contributed by atoms with Gasteiger partial charge in [0.2, 0.25) is 11.8 Å². The van der Waals surface area contributed by atoms with Crippen LogP contribution < -0.4 is 0 Å². The van der Waals surface area contributed by atoms with Crippen LogP contribution in [0.2, 0.25) is 0 Å². The van der Waals surface area contributed by atoms with Crippen molar-refractivity contribution in [1.82, 2.24) is 4.90 Å². The number of thiophene rings is 1. The van der Waals surface area contributed by atoms with Gasteiger partial charge in [0.05, 0.1) is 6.54 Å². The first-order valence-electron chi connectivity index (χ1n) is 6.21. The molecule has 0 aliphatic carbocycles. The molecular weight excluding hydrogens is 262 g/mol. The molecule has 1 aliphatic rings. The largest absolute Gasteiger partial charge is 0.384 e. The van der Waals surface area contributed by atoms with E-state index in [4.69, 9.17) is 5.11 Å². The molecule has 4 nitrogen and oxygen atoms in total. The minimum atomic E-state index is -0.198. The van der Waals surface area contributed by atoms with Gasteiger partial charge in [-0.2, -0.15) is 0 Å². The van der Waals surface area contributed by atoms with Crippen LogP contribution in [-0.2, 0) is 16.1 Å². The summed E-state index contributed by atoms with van der Waals surface area (Å²) >= 11 is 1.47. The monoisotopic (exact) mass is 277 g/mol. The highest BCUT2D eigenvalue weighted by molar-refractivity contribution is 7.10. The first-order chi connectivity index (χ1) is 9.22. The van der Waals surface area contributed by atoms with Crippen molar-refractivity contribution in [2.45, 2.75) is 32.2 Å². The Hall–Kier alpha value is -1.64. The fraction of sp³-hybridized carbons (Fsp3) is 0.429. The molecular formula is C14H15NO3S. The lowest BCUT2D eigenvalue weighted by atomic mass is 10.2. The molecule has 5 heteroatoms. The lowest BCUT2D eigenvalue weighted by molar-refractivity contribution is -0.144. The van der Waals surface area contributed by atoms with Gasteiger partial charge in [-0.05, 0) is 24.3 Å². The van der Waals surface area contributed by atoms with Crippen LogP contribution in [0.5, 0.6) is 0 Å². The fourth-order valence-corrected chi connectivity index (χ4v) is 2.81. The predicted octanol–water partition coefficient (Wildman–Crippen LogP) is 1.52. The van der Waals surface area contributed by atoms with E-state index in [1.165, 1.54) is 16.2 Å². The van der Waals surface area contributed by atoms with Crippen molar-refractivity contribution in [1.29, 1.82) is 0 Å². The lowest BCUT2D eigenvalue weighted by Gasteiger charge is -2.17. The first kappa shape index (κ1) is 13.8. The summed E-state index contributed by atoms with van der Waals surface area (Å²) in [6.07, 6.45) is 2.44. The first-order valence-corrected chi connectivity index (χ1v) is 7.09. The third-order valence-electron chi connectivity index (χ3n) is 2.98. The number of aliphatic hydroxyl groups is 1. The number of aliphatic hydroxyl groups excluding tert-OH is 1. The van der Waals surface area contributed by atoms with Gasteiger partial charge in [-0.1, -0.05) is 11.8 Å². The van der Waals surface area contributed by atoms with Gasteiger partial charge in [0.15, 0.2) is 0 Å². The number of amides is 2. The summed E-state index contributed by atoms with van der Waals surface area (Å²) < 4.78 is 0. The Morgan fingerprint density at radius 1 is 1.26 bits per heavy atom. The molecule has 19 heavy (non-hydrogen) atoms. The zero-order valence-electron chi connectivity index (χ0n) is 10.5. The van der Waals surface area contributed by atoms with E-state index in [1.54, 1.807) is 0 Å². The second kappa shape index (κ2) is 6.50. The second-order valence-corrected chi connectivity index (χ2v) is 5.30. The Labute approximate surface area is 116 Å². The highest BCUT2D eigenvalue weighted by atomic mass is 32.1. The molecule has 1 aromatic heterocycles. The summed E-state index contributed by atoms with van der Waals surface area (Å²) in [7, 11) is 0. The molecule has 0 aromatic carbocycles.